The molecule has 0 radical (unpaired) electrons. The summed E-state index contributed by atoms with van der Waals surface area (Å²) < 4.78 is 6.68. The molecule has 19 heavy (non-hydrogen) atoms. The molecule has 0 aliphatic heterocycles. The lowest BCUT2D eigenvalue weighted by Gasteiger charge is -2.13. The highest BCUT2D eigenvalue weighted by Crippen LogP contribution is 2.27. The normalized spacial score (nSPS) is 12.2. The van der Waals surface area contributed by atoms with E-state index in [4.69, 9.17) is 16.3 Å². The second-order valence-corrected chi connectivity index (χ2v) is 5.56. The first kappa shape index (κ1) is 14.4. The van der Waals surface area contributed by atoms with Crippen LogP contribution in [0.3, 0.4) is 0 Å². The maximum Gasteiger partial charge on any atom is 0.125 e. The summed E-state index contributed by atoms with van der Waals surface area (Å²) in [6.45, 7) is 2.09. The number of hydrogen-bond donors (Lipinski definition) is 1. The van der Waals surface area contributed by atoms with Gasteiger partial charge in [0.05, 0.1) is 6.10 Å². The number of aliphatic hydroxyl groups is 1. The van der Waals surface area contributed by atoms with Crippen molar-refractivity contribution in [2.75, 3.05) is 0 Å². The van der Waals surface area contributed by atoms with Crippen LogP contribution in [0.4, 0.5) is 0 Å². The monoisotopic (exact) mass is 340 g/mol. The zero-order valence-electron chi connectivity index (χ0n) is 10.4. The van der Waals surface area contributed by atoms with Crippen LogP contribution >= 0.6 is 27.5 Å². The molecule has 0 aliphatic rings. The maximum atomic E-state index is 9.68. The molecule has 2 aromatic rings. The Morgan fingerprint density at radius 3 is 2.68 bits per heavy atom. The predicted molar refractivity (Wildman–Crippen MR) is 80.6 cm³/mol. The van der Waals surface area contributed by atoms with Gasteiger partial charge in [-0.05, 0) is 25.1 Å². The summed E-state index contributed by atoms with van der Waals surface area (Å²) >= 11 is 9.50. The Kier molecular flexibility index (Phi) is 4.86. The molecule has 4 heteroatoms. The number of benzene rings is 2. The van der Waals surface area contributed by atoms with Crippen molar-refractivity contribution >= 4 is 27.5 Å². The summed E-state index contributed by atoms with van der Waals surface area (Å²) in [5.74, 6) is 0.677. The van der Waals surface area contributed by atoms with Gasteiger partial charge in [0, 0.05) is 20.6 Å². The summed E-state index contributed by atoms with van der Waals surface area (Å²) in [6, 6.07) is 13.1. The van der Waals surface area contributed by atoms with E-state index in [1.54, 1.807) is 6.92 Å². The van der Waals surface area contributed by atoms with Gasteiger partial charge < -0.3 is 9.84 Å². The molecule has 0 aliphatic carbocycles. The Bertz CT molecular complexity index is 570. The summed E-state index contributed by atoms with van der Waals surface area (Å²) in [5.41, 5.74) is 1.68. The minimum atomic E-state index is -0.559. The molecule has 0 saturated heterocycles. The molecule has 1 N–H and O–H groups in total. The van der Waals surface area contributed by atoms with E-state index >= 15 is 0 Å². The molecule has 100 valence electrons. The van der Waals surface area contributed by atoms with E-state index in [1.165, 1.54) is 0 Å². The lowest BCUT2D eigenvalue weighted by molar-refractivity contribution is 0.190. The van der Waals surface area contributed by atoms with E-state index in [0.29, 0.717) is 17.4 Å². The van der Waals surface area contributed by atoms with Gasteiger partial charge in [0.15, 0.2) is 0 Å². The van der Waals surface area contributed by atoms with Crippen LogP contribution in [-0.4, -0.2) is 5.11 Å². The molecule has 1 atom stereocenters. The largest absolute Gasteiger partial charge is 0.488 e. The Morgan fingerprint density at radius 1 is 1.26 bits per heavy atom. The van der Waals surface area contributed by atoms with E-state index in [2.05, 4.69) is 15.9 Å². The van der Waals surface area contributed by atoms with Gasteiger partial charge in [-0.25, -0.2) is 0 Å². The number of rotatable bonds is 4. The number of ether oxygens (including phenoxy) is 1. The first-order valence-corrected chi connectivity index (χ1v) is 7.08. The van der Waals surface area contributed by atoms with Crippen molar-refractivity contribution in [1.29, 1.82) is 0 Å². The number of hydrogen-bond acceptors (Lipinski definition) is 2. The first-order chi connectivity index (χ1) is 9.08. The molecule has 0 unspecified atom stereocenters. The third kappa shape index (κ3) is 3.72. The van der Waals surface area contributed by atoms with E-state index < -0.39 is 6.10 Å². The van der Waals surface area contributed by atoms with Gasteiger partial charge in [-0.15, -0.1) is 0 Å². The highest BCUT2D eigenvalue weighted by atomic mass is 79.9. The van der Waals surface area contributed by atoms with Gasteiger partial charge in [-0.3, -0.25) is 0 Å². The zero-order chi connectivity index (χ0) is 13.8. The molecule has 0 spiro atoms. The molecule has 0 heterocycles. The van der Waals surface area contributed by atoms with Crippen molar-refractivity contribution < 1.29 is 9.84 Å². The standard InChI is InChI=1S/C15H14BrClO2/c1-10(18)13-4-2-3-5-15(13)19-9-11-6-7-12(16)8-14(11)17/h2-8,10,18H,9H2,1H3/t10-/m1/s1. The summed E-state index contributed by atoms with van der Waals surface area (Å²) in [6.07, 6.45) is -0.559. The summed E-state index contributed by atoms with van der Waals surface area (Å²) in [7, 11) is 0. The van der Waals surface area contributed by atoms with E-state index in [1.807, 2.05) is 42.5 Å². The van der Waals surface area contributed by atoms with Crippen LogP contribution in [-0.2, 0) is 6.61 Å². The van der Waals surface area contributed by atoms with E-state index in [9.17, 15) is 5.11 Å². The van der Waals surface area contributed by atoms with Crippen LogP contribution in [0.5, 0.6) is 5.75 Å². The molecule has 2 aromatic carbocycles. The van der Waals surface area contributed by atoms with Gasteiger partial charge >= 0.3 is 0 Å². The summed E-state index contributed by atoms with van der Waals surface area (Å²) in [4.78, 5) is 0. The van der Waals surface area contributed by atoms with Crippen molar-refractivity contribution in [1.82, 2.24) is 0 Å². The molecule has 0 fully saturated rings. The van der Waals surface area contributed by atoms with Crippen LogP contribution in [0.1, 0.15) is 24.2 Å². The summed E-state index contributed by atoms with van der Waals surface area (Å²) in [5, 5.41) is 10.3. The quantitative estimate of drug-likeness (QED) is 0.870. The highest BCUT2D eigenvalue weighted by Gasteiger charge is 2.09. The fraction of sp³-hybridized carbons (Fsp3) is 0.200. The second-order valence-electron chi connectivity index (χ2n) is 4.24. The minimum Gasteiger partial charge on any atom is -0.488 e. The smallest absolute Gasteiger partial charge is 0.125 e. The molecule has 0 bridgehead atoms. The SMILES string of the molecule is C[C@@H](O)c1ccccc1OCc1ccc(Br)cc1Cl. The van der Waals surface area contributed by atoms with Crippen LogP contribution in [0.25, 0.3) is 0 Å². The van der Waals surface area contributed by atoms with Gasteiger partial charge in [0.1, 0.15) is 12.4 Å². The number of halogens is 2. The van der Waals surface area contributed by atoms with Crippen molar-refractivity contribution in [2.45, 2.75) is 19.6 Å². The molecular weight excluding hydrogens is 328 g/mol. The zero-order valence-corrected chi connectivity index (χ0v) is 12.8. The topological polar surface area (TPSA) is 29.5 Å². The number of aliphatic hydroxyl groups excluding tert-OH is 1. The minimum absolute atomic E-state index is 0.371. The Hall–Kier alpha value is -1.03. The molecule has 2 rings (SSSR count). The van der Waals surface area contributed by atoms with Crippen molar-refractivity contribution in [3.63, 3.8) is 0 Å². The Morgan fingerprint density at radius 2 is 2.00 bits per heavy atom. The van der Waals surface area contributed by atoms with Gasteiger partial charge in [-0.2, -0.15) is 0 Å². The molecule has 0 saturated carbocycles. The van der Waals surface area contributed by atoms with Crippen LogP contribution < -0.4 is 4.74 Å². The highest BCUT2D eigenvalue weighted by molar-refractivity contribution is 9.10. The van der Waals surface area contributed by atoms with E-state index in [-0.39, 0.29) is 0 Å². The molecule has 0 aromatic heterocycles. The predicted octanol–water partition coefficient (Wildman–Crippen LogP) is 4.73. The molecular formula is C15H14BrClO2. The fourth-order valence-corrected chi connectivity index (χ4v) is 2.48. The maximum absolute atomic E-state index is 9.68. The van der Waals surface area contributed by atoms with Crippen LogP contribution in [0.15, 0.2) is 46.9 Å². The lowest BCUT2D eigenvalue weighted by atomic mass is 10.1. The van der Waals surface area contributed by atoms with Crippen molar-refractivity contribution in [3.05, 3.63) is 63.1 Å². The van der Waals surface area contributed by atoms with E-state index in [0.717, 1.165) is 15.6 Å². The Labute approximate surface area is 126 Å². The molecule has 2 nitrogen and oxygen atoms in total. The van der Waals surface area contributed by atoms with Crippen LogP contribution in [0.2, 0.25) is 5.02 Å². The fourth-order valence-electron chi connectivity index (χ4n) is 1.75. The third-order valence-electron chi connectivity index (χ3n) is 2.77. The Balaban J connectivity index is 2.14. The average Bonchev–Trinajstić information content (AvgIpc) is 2.38. The lowest BCUT2D eigenvalue weighted by Crippen LogP contribution is -2.01. The van der Waals surface area contributed by atoms with Gasteiger partial charge in [-0.1, -0.05) is 51.8 Å². The van der Waals surface area contributed by atoms with Gasteiger partial charge in [0.2, 0.25) is 0 Å². The molecule has 0 amide bonds. The number of para-hydroxylation sites is 1. The third-order valence-corrected chi connectivity index (χ3v) is 3.61. The van der Waals surface area contributed by atoms with Gasteiger partial charge in [0.25, 0.3) is 0 Å². The van der Waals surface area contributed by atoms with Crippen LogP contribution in [0, 0.1) is 0 Å². The average molecular weight is 342 g/mol. The van der Waals surface area contributed by atoms with Crippen molar-refractivity contribution in [2.24, 2.45) is 0 Å². The first-order valence-electron chi connectivity index (χ1n) is 5.91. The second kappa shape index (κ2) is 6.42. The van der Waals surface area contributed by atoms with Crippen molar-refractivity contribution in [3.8, 4) is 5.75 Å².